The highest BCUT2D eigenvalue weighted by atomic mass is 19.4. The maximum Gasteiger partial charge on any atom is 0.471 e. The van der Waals surface area contributed by atoms with Crippen molar-refractivity contribution in [3.05, 3.63) is 119 Å². The predicted molar refractivity (Wildman–Crippen MR) is 153 cm³/mol. The molecule has 1 aliphatic carbocycles. The van der Waals surface area contributed by atoms with Gasteiger partial charge in [0.2, 0.25) is 0 Å². The van der Waals surface area contributed by atoms with Gasteiger partial charge >= 0.3 is 18.1 Å². The summed E-state index contributed by atoms with van der Waals surface area (Å²) in [5.41, 5.74) is 2.42. The third-order valence-electron chi connectivity index (χ3n) is 7.25. The van der Waals surface area contributed by atoms with Gasteiger partial charge in [-0.2, -0.15) is 13.2 Å². The van der Waals surface area contributed by atoms with Crippen LogP contribution >= 0.6 is 0 Å². The van der Waals surface area contributed by atoms with Gasteiger partial charge in [0.25, 0.3) is 0 Å². The van der Waals surface area contributed by atoms with E-state index in [0.29, 0.717) is 4.90 Å². The molecule has 0 atom stereocenters. The Bertz CT molecular complexity index is 1530. The molecule has 1 aliphatic rings. The van der Waals surface area contributed by atoms with E-state index in [1.807, 2.05) is 48.5 Å². The number of amides is 1. The standard InChI is InChI=1S/C33H30F3N3O4/c34-33(35,36)32(41)39(20-26-18-38-29(19-37-26)25-13-7-8-14-25)27-15-16-28(31(40)43-22-24-11-5-2-6-12-24)30(17-27)42-21-23-9-3-1-4-10-23/h1-6,9-12,15-19,25H,7-8,13-14,20-22H2. The number of carbonyl (C=O) groups excluding carboxylic acids is 2. The van der Waals surface area contributed by atoms with Crippen LogP contribution in [0.4, 0.5) is 18.9 Å². The van der Waals surface area contributed by atoms with Crippen molar-refractivity contribution in [1.82, 2.24) is 9.97 Å². The molecule has 1 aromatic heterocycles. The number of benzene rings is 3. The number of esters is 1. The molecule has 0 spiro atoms. The third kappa shape index (κ3) is 7.77. The molecule has 1 amide bonds. The van der Waals surface area contributed by atoms with E-state index in [2.05, 4.69) is 9.97 Å². The Morgan fingerprint density at radius 3 is 2.09 bits per heavy atom. The summed E-state index contributed by atoms with van der Waals surface area (Å²) >= 11 is 0. The van der Waals surface area contributed by atoms with Gasteiger partial charge < -0.3 is 9.47 Å². The summed E-state index contributed by atoms with van der Waals surface area (Å²) in [6, 6.07) is 21.9. The Hall–Kier alpha value is -4.73. The fourth-order valence-electron chi connectivity index (χ4n) is 4.98. The normalized spacial score (nSPS) is 13.5. The first-order valence-corrected chi connectivity index (χ1v) is 14.0. The van der Waals surface area contributed by atoms with E-state index in [-0.39, 0.29) is 41.8 Å². The van der Waals surface area contributed by atoms with Gasteiger partial charge in [-0.25, -0.2) is 4.79 Å². The second-order valence-electron chi connectivity index (χ2n) is 10.3. The van der Waals surface area contributed by atoms with Gasteiger partial charge in [-0.3, -0.25) is 19.7 Å². The zero-order valence-electron chi connectivity index (χ0n) is 23.3. The van der Waals surface area contributed by atoms with Crippen LogP contribution in [0, 0.1) is 0 Å². The first kappa shape index (κ1) is 29.8. The Kier molecular flexibility index (Phi) is 9.34. The fourth-order valence-corrected chi connectivity index (χ4v) is 4.98. The summed E-state index contributed by atoms with van der Waals surface area (Å²) in [4.78, 5) is 35.0. The van der Waals surface area contributed by atoms with Crippen molar-refractivity contribution in [2.75, 3.05) is 4.90 Å². The quantitative estimate of drug-likeness (QED) is 0.183. The van der Waals surface area contributed by atoms with Gasteiger partial charge in [0.05, 0.1) is 24.1 Å². The summed E-state index contributed by atoms with van der Waals surface area (Å²) in [5.74, 6) is -2.54. The summed E-state index contributed by atoms with van der Waals surface area (Å²) in [6.07, 6.45) is 2.03. The van der Waals surface area contributed by atoms with Crippen LogP contribution in [-0.4, -0.2) is 28.0 Å². The lowest BCUT2D eigenvalue weighted by Gasteiger charge is -2.25. The largest absolute Gasteiger partial charge is 0.488 e. The molecule has 0 bridgehead atoms. The Morgan fingerprint density at radius 2 is 1.49 bits per heavy atom. The van der Waals surface area contributed by atoms with Crippen molar-refractivity contribution in [2.45, 2.75) is 57.5 Å². The van der Waals surface area contributed by atoms with Crippen molar-refractivity contribution >= 4 is 17.6 Å². The minimum absolute atomic E-state index is 0.00619. The van der Waals surface area contributed by atoms with E-state index in [1.165, 1.54) is 24.4 Å². The number of alkyl halides is 3. The van der Waals surface area contributed by atoms with Crippen LogP contribution < -0.4 is 9.64 Å². The molecule has 10 heteroatoms. The SMILES string of the molecule is O=C(OCc1ccccc1)c1ccc(N(Cc2cnc(C3CCCC3)cn2)C(=O)C(F)(F)F)cc1OCc1ccccc1. The van der Waals surface area contributed by atoms with Gasteiger partial charge in [-0.15, -0.1) is 0 Å². The van der Waals surface area contributed by atoms with Crippen molar-refractivity contribution in [2.24, 2.45) is 0 Å². The highest BCUT2D eigenvalue weighted by molar-refractivity contribution is 5.99. The van der Waals surface area contributed by atoms with Crippen molar-refractivity contribution < 1.29 is 32.2 Å². The molecule has 222 valence electrons. The molecule has 3 aromatic carbocycles. The van der Waals surface area contributed by atoms with E-state index >= 15 is 0 Å². The highest BCUT2D eigenvalue weighted by Crippen LogP contribution is 2.34. The predicted octanol–water partition coefficient (Wildman–Crippen LogP) is 7.17. The van der Waals surface area contributed by atoms with Gasteiger partial charge in [0.15, 0.2) is 0 Å². The van der Waals surface area contributed by atoms with Crippen LogP contribution in [0.2, 0.25) is 0 Å². The van der Waals surface area contributed by atoms with E-state index < -0.39 is 24.6 Å². The first-order chi connectivity index (χ1) is 20.8. The van der Waals surface area contributed by atoms with Crippen molar-refractivity contribution in [3.8, 4) is 5.75 Å². The zero-order chi connectivity index (χ0) is 30.2. The number of anilines is 1. The van der Waals surface area contributed by atoms with E-state index in [1.54, 1.807) is 18.3 Å². The minimum atomic E-state index is -5.16. The molecule has 1 fully saturated rings. The van der Waals surface area contributed by atoms with Crippen LogP contribution in [0.5, 0.6) is 5.75 Å². The molecule has 4 aromatic rings. The van der Waals surface area contributed by atoms with Crippen LogP contribution in [0.3, 0.4) is 0 Å². The van der Waals surface area contributed by atoms with Gasteiger partial charge in [-0.05, 0) is 36.1 Å². The molecule has 0 unspecified atom stereocenters. The second kappa shape index (κ2) is 13.5. The third-order valence-corrected chi connectivity index (χ3v) is 7.25. The van der Waals surface area contributed by atoms with Crippen molar-refractivity contribution in [3.63, 3.8) is 0 Å². The molecule has 0 saturated heterocycles. The Balaban J connectivity index is 1.43. The molecule has 7 nitrogen and oxygen atoms in total. The smallest absolute Gasteiger partial charge is 0.471 e. The number of rotatable bonds is 10. The number of hydrogen-bond donors (Lipinski definition) is 0. The zero-order valence-corrected chi connectivity index (χ0v) is 23.3. The average molecular weight is 590 g/mol. The Labute approximate surface area is 247 Å². The number of carbonyl (C=O) groups is 2. The lowest BCUT2D eigenvalue weighted by molar-refractivity contribution is -0.170. The molecule has 43 heavy (non-hydrogen) atoms. The number of aromatic nitrogens is 2. The topological polar surface area (TPSA) is 81.6 Å². The van der Waals surface area contributed by atoms with E-state index in [9.17, 15) is 22.8 Å². The number of halogens is 3. The number of hydrogen-bond acceptors (Lipinski definition) is 6. The number of ether oxygens (including phenoxy) is 2. The van der Waals surface area contributed by atoms with Crippen LogP contribution in [0.25, 0.3) is 0 Å². The van der Waals surface area contributed by atoms with Crippen LogP contribution in [-0.2, 0) is 29.3 Å². The summed E-state index contributed by atoms with van der Waals surface area (Å²) in [7, 11) is 0. The molecular formula is C33H30F3N3O4. The van der Waals surface area contributed by atoms with E-state index in [4.69, 9.17) is 9.47 Å². The monoisotopic (exact) mass is 589 g/mol. The average Bonchev–Trinajstić information content (AvgIpc) is 3.57. The maximum atomic E-state index is 13.8. The molecular weight excluding hydrogens is 559 g/mol. The summed E-state index contributed by atoms with van der Waals surface area (Å²) < 4.78 is 52.7. The molecule has 0 N–H and O–H groups in total. The lowest BCUT2D eigenvalue weighted by Crippen LogP contribution is -2.41. The van der Waals surface area contributed by atoms with Crippen molar-refractivity contribution in [1.29, 1.82) is 0 Å². The summed E-state index contributed by atoms with van der Waals surface area (Å²) in [5, 5.41) is 0. The molecule has 0 radical (unpaired) electrons. The molecule has 1 heterocycles. The summed E-state index contributed by atoms with van der Waals surface area (Å²) in [6.45, 7) is -0.454. The van der Waals surface area contributed by atoms with Gasteiger partial charge in [0, 0.05) is 23.9 Å². The fraction of sp³-hybridized carbons (Fsp3) is 0.273. The van der Waals surface area contributed by atoms with Crippen LogP contribution in [0.1, 0.15) is 64.5 Å². The molecule has 1 saturated carbocycles. The van der Waals surface area contributed by atoms with Gasteiger partial charge in [-0.1, -0.05) is 73.5 Å². The number of nitrogens with zero attached hydrogens (tertiary/aromatic N) is 3. The van der Waals surface area contributed by atoms with Crippen LogP contribution in [0.15, 0.2) is 91.3 Å². The molecule has 5 rings (SSSR count). The highest BCUT2D eigenvalue weighted by Gasteiger charge is 2.43. The van der Waals surface area contributed by atoms with Gasteiger partial charge in [0.1, 0.15) is 24.5 Å². The maximum absolute atomic E-state index is 13.8. The first-order valence-electron chi connectivity index (χ1n) is 14.0. The lowest BCUT2D eigenvalue weighted by atomic mass is 10.1. The van der Waals surface area contributed by atoms with E-state index in [0.717, 1.165) is 42.5 Å². The second-order valence-corrected chi connectivity index (χ2v) is 10.3. The minimum Gasteiger partial charge on any atom is -0.488 e. The Morgan fingerprint density at radius 1 is 0.837 bits per heavy atom. The molecule has 0 aliphatic heterocycles.